The number of nitrogens with one attached hydrogen (secondary N) is 1. The average Bonchev–Trinajstić information content (AvgIpc) is 3.12. The molecule has 1 unspecified atom stereocenters. The Morgan fingerprint density at radius 2 is 1.90 bits per heavy atom. The first-order chi connectivity index (χ1) is 14.7. The summed E-state index contributed by atoms with van der Waals surface area (Å²) in [4.78, 5) is 28.3. The van der Waals surface area contributed by atoms with Crippen molar-refractivity contribution < 1.29 is 9.59 Å². The number of benzene rings is 1. The van der Waals surface area contributed by atoms with E-state index in [9.17, 15) is 9.59 Å². The first-order valence-electron chi connectivity index (χ1n) is 12.1. The summed E-state index contributed by atoms with van der Waals surface area (Å²) >= 11 is 0. The molecule has 5 rings (SSSR count). The number of aryl methyl sites for hydroxylation is 1. The van der Waals surface area contributed by atoms with Crippen LogP contribution in [0.4, 0.5) is 5.69 Å². The molecular formula is C27H36N2O2. The molecule has 4 nitrogen and oxygen atoms in total. The largest absolute Gasteiger partial charge is 0.338 e. The molecule has 0 bridgehead atoms. The maximum Gasteiger partial charge on any atom is 0.260 e. The molecule has 3 fully saturated rings. The van der Waals surface area contributed by atoms with Gasteiger partial charge >= 0.3 is 0 Å². The lowest BCUT2D eigenvalue weighted by Crippen LogP contribution is -2.60. The number of hydrogen-bond donors (Lipinski definition) is 1. The number of rotatable bonds is 2. The molecule has 0 saturated heterocycles. The zero-order valence-electron chi connectivity index (χ0n) is 19.4. The molecule has 3 aliphatic carbocycles. The molecule has 166 valence electrons. The Morgan fingerprint density at radius 3 is 2.68 bits per heavy atom. The maximum atomic E-state index is 13.2. The number of likely N-dealkylation sites (N-methyl/N-ethyl adjacent to an activating group) is 1. The van der Waals surface area contributed by atoms with Gasteiger partial charge in [0.15, 0.2) is 0 Å². The lowest BCUT2D eigenvalue weighted by molar-refractivity contribution is -0.141. The normalized spacial score (nSPS) is 39.3. The molecule has 4 heteroatoms. The van der Waals surface area contributed by atoms with Gasteiger partial charge in [0.1, 0.15) is 5.57 Å². The topological polar surface area (TPSA) is 49.4 Å². The van der Waals surface area contributed by atoms with E-state index in [4.69, 9.17) is 0 Å². The second-order valence-corrected chi connectivity index (χ2v) is 11.2. The van der Waals surface area contributed by atoms with Gasteiger partial charge in [-0.25, -0.2) is 0 Å². The van der Waals surface area contributed by atoms with Crippen molar-refractivity contribution >= 4 is 17.5 Å². The number of carbonyl (C=O) groups excluding carboxylic acids is 2. The summed E-state index contributed by atoms with van der Waals surface area (Å²) in [6.07, 6.45) is 11.0. The third kappa shape index (κ3) is 3.16. The highest BCUT2D eigenvalue weighted by Gasteiger charge is 2.59. The molecule has 3 saturated carbocycles. The fourth-order valence-corrected chi connectivity index (χ4v) is 7.97. The van der Waals surface area contributed by atoms with Crippen LogP contribution >= 0.6 is 0 Å². The van der Waals surface area contributed by atoms with Crippen LogP contribution in [-0.4, -0.2) is 29.8 Å². The van der Waals surface area contributed by atoms with Crippen molar-refractivity contribution in [2.24, 2.45) is 28.6 Å². The Bertz CT molecular complexity index is 952. The third-order valence-corrected chi connectivity index (χ3v) is 9.50. The molecule has 0 aromatic heterocycles. The van der Waals surface area contributed by atoms with Crippen molar-refractivity contribution in [1.29, 1.82) is 0 Å². The number of hydrogen-bond acceptors (Lipinski definition) is 2. The summed E-state index contributed by atoms with van der Waals surface area (Å²) in [6.45, 7) is 6.85. The molecule has 2 amide bonds. The van der Waals surface area contributed by atoms with Crippen LogP contribution in [0.3, 0.4) is 0 Å². The monoisotopic (exact) mass is 420 g/mol. The summed E-state index contributed by atoms with van der Waals surface area (Å²) < 4.78 is 0. The summed E-state index contributed by atoms with van der Waals surface area (Å²) in [5.41, 5.74) is 2.53. The highest BCUT2D eigenvalue weighted by molar-refractivity contribution is 6.23. The van der Waals surface area contributed by atoms with Crippen LogP contribution in [0.15, 0.2) is 35.9 Å². The fraction of sp³-hybridized carbons (Fsp3) is 0.630. The Morgan fingerprint density at radius 1 is 1.10 bits per heavy atom. The zero-order chi connectivity index (χ0) is 22.0. The van der Waals surface area contributed by atoms with E-state index < -0.39 is 0 Å². The molecule has 31 heavy (non-hydrogen) atoms. The summed E-state index contributed by atoms with van der Waals surface area (Å²) in [5, 5.41) is 2.98. The Kier molecular flexibility index (Phi) is 4.84. The quantitative estimate of drug-likeness (QED) is 0.657. The highest BCUT2D eigenvalue weighted by Crippen LogP contribution is 2.64. The van der Waals surface area contributed by atoms with Gasteiger partial charge in [-0.1, -0.05) is 38.5 Å². The lowest BCUT2D eigenvalue weighted by atomic mass is 9.48. The van der Waals surface area contributed by atoms with E-state index in [1.807, 2.05) is 43.1 Å². The van der Waals surface area contributed by atoms with Gasteiger partial charge in [0, 0.05) is 24.2 Å². The van der Waals surface area contributed by atoms with Crippen LogP contribution in [0, 0.1) is 35.5 Å². The Balaban J connectivity index is 1.48. The minimum atomic E-state index is -0.272. The van der Waals surface area contributed by atoms with Crippen LogP contribution in [0.5, 0.6) is 0 Å². The smallest absolute Gasteiger partial charge is 0.260 e. The van der Waals surface area contributed by atoms with Crippen LogP contribution in [0.25, 0.3) is 0 Å². The molecule has 1 heterocycles. The summed E-state index contributed by atoms with van der Waals surface area (Å²) in [5.74, 6) is 1.68. The predicted octanol–water partition coefficient (Wildman–Crippen LogP) is 5.33. The lowest BCUT2D eigenvalue weighted by Gasteiger charge is -2.60. The number of carbonyl (C=O) groups is 2. The molecule has 1 aromatic rings. The highest BCUT2D eigenvalue weighted by atomic mass is 16.2. The SMILES string of the molecule is Cc1cccc(NC(=O)C2=C[C@@]3(C)C(CC[C@@H]4[C@H]3CC[C@]3(C)CCC[C@@H]43)N(C)C2=O)c1. The van der Waals surface area contributed by atoms with Crippen molar-refractivity contribution in [3.05, 3.63) is 41.5 Å². The first-order valence-corrected chi connectivity index (χ1v) is 12.1. The van der Waals surface area contributed by atoms with Gasteiger partial charge in [-0.05, 0) is 86.3 Å². The minimum absolute atomic E-state index is 0.130. The summed E-state index contributed by atoms with van der Waals surface area (Å²) in [6, 6.07) is 7.95. The number of amides is 2. The van der Waals surface area contributed by atoms with Crippen molar-refractivity contribution in [3.8, 4) is 0 Å². The van der Waals surface area contributed by atoms with Crippen LogP contribution in [0.1, 0.15) is 64.4 Å². The minimum Gasteiger partial charge on any atom is -0.338 e. The van der Waals surface area contributed by atoms with Gasteiger partial charge in [-0.15, -0.1) is 0 Å². The first kappa shape index (κ1) is 20.8. The average molecular weight is 421 g/mol. The van der Waals surface area contributed by atoms with Gasteiger partial charge in [0.05, 0.1) is 0 Å². The van der Waals surface area contributed by atoms with Crippen molar-refractivity contribution in [1.82, 2.24) is 4.90 Å². The molecule has 0 spiro atoms. The van der Waals surface area contributed by atoms with Crippen molar-refractivity contribution in [3.63, 3.8) is 0 Å². The molecule has 6 atom stereocenters. The predicted molar refractivity (Wildman–Crippen MR) is 123 cm³/mol. The van der Waals surface area contributed by atoms with Gasteiger partial charge in [0.2, 0.25) is 0 Å². The van der Waals surface area contributed by atoms with E-state index in [0.717, 1.165) is 29.5 Å². The van der Waals surface area contributed by atoms with Gasteiger partial charge in [0.25, 0.3) is 11.8 Å². The molecule has 4 aliphatic rings. The van der Waals surface area contributed by atoms with E-state index in [-0.39, 0.29) is 23.3 Å². The van der Waals surface area contributed by atoms with E-state index >= 15 is 0 Å². The molecular weight excluding hydrogens is 384 g/mol. The molecule has 0 radical (unpaired) electrons. The van der Waals surface area contributed by atoms with Crippen LogP contribution in [-0.2, 0) is 9.59 Å². The fourth-order valence-electron chi connectivity index (χ4n) is 7.97. The van der Waals surface area contributed by atoms with Gasteiger partial charge in [-0.3, -0.25) is 9.59 Å². The molecule has 1 aromatic carbocycles. The third-order valence-electron chi connectivity index (χ3n) is 9.50. The van der Waals surface area contributed by atoms with E-state index in [1.54, 1.807) is 0 Å². The van der Waals surface area contributed by atoms with Crippen molar-refractivity contribution in [2.75, 3.05) is 12.4 Å². The maximum absolute atomic E-state index is 13.2. The van der Waals surface area contributed by atoms with Gasteiger partial charge in [-0.2, -0.15) is 0 Å². The second-order valence-electron chi connectivity index (χ2n) is 11.2. The van der Waals surface area contributed by atoms with E-state index in [0.29, 0.717) is 16.9 Å². The number of fused-ring (bicyclic) bond motifs is 5. The molecule has 1 N–H and O–H groups in total. The summed E-state index contributed by atoms with van der Waals surface area (Å²) in [7, 11) is 1.90. The Labute approximate surface area is 186 Å². The standard InChI is InChI=1S/C27H36N2O2/c1-17-7-5-8-18(15-17)28-24(30)20-16-27(3)22-12-14-26(2)13-6-9-21(26)19(22)10-11-23(27)29(4)25(20)31/h5,7-8,15-16,19,21-23H,6,9-14H2,1-4H3,(H,28,30)/t19-,21-,22+,23?,26-,27+/m0/s1. The molecule has 1 aliphatic heterocycles. The van der Waals surface area contributed by atoms with Gasteiger partial charge < -0.3 is 10.2 Å². The van der Waals surface area contributed by atoms with E-state index in [1.165, 1.54) is 38.5 Å². The second kappa shape index (κ2) is 7.21. The zero-order valence-corrected chi connectivity index (χ0v) is 19.4. The van der Waals surface area contributed by atoms with Crippen LogP contribution in [0.2, 0.25) is 0 Å². The van der Waals surface area contributed by atoms with Crippen molar-refractivity contribution in [2.45, 2.75) is 71.8 Å². The number of nitrogens with zero attached hydrogens (tertiary/aromatic N) is 1. The van der Waals surface area contributed by atoms with E-state index in [2.05, 4.69) is 25.2 Å². The Hall–Kier alpha value is -2.10. The van der Waals surface area contributed by atoms with Crippen LogP contribution < -0.4 is 5.32 Å². The number of anilines is 1.